The van der Waals surface area contributed by atoms with Crippen LogP contribution in [0.1, 0.15) is 43.9 Å². The zero-order chi connectivity index (χ0) is 13.2. The second kappa shape index (κ2) is 5.49. The standard InChI is InChI=1S/C16H25N3/c1-2-12-8-9-19(14(10-12)11-17)16-7-6-13-4-3-5-15(13)18-16/h6-7,12,14H,2-5,8-11,17H2,1H3. The molecule has 2 atom stereocenters. The summed E-state index contributed by atoms with van der Waals surface area (Å²) in [5.74, 6) is 2.00. The smallest absolute Gasteiger partial charge is 0.129 e. The van der Waals surface area contributed by atoms with Crippen LogP contribution in [-0.4, -0.2) is 24.1 Å². The van der Waals surface area contributed by atoms with Gasteiger partial charge in [0.25, 0.3) is 0 Å². The van der Waals surface area contributed by atoms with Gasteiger partial charge in [-0.1, -0.05) is 19.4 Å². The number of aryl methyl sites for hydroxylation is 2. The molecule has 1 saturated heterocycles. The van der Waals surface area contributed by atoms with Crippen molar-refractivity contribution < 1.29 is 0 Å². The molecule has 0 aromatic carbocycles. The van der Waals surface area contributed by atoms with Crippen LogP contribution < -0.4 is 10.6 Å². The van der Waals surface area contributed by atoms with E-state index >= 15 is 0 Å². The fraction of sp³-hybridized carbons (Fsp3) is 0.688. The molecule has 2 N–H and O–H groups in total. The molecule has 0 bridgehead atoms. The Balaban J connectivity index is 1.81. The largest absolute Gasteiger partial charge is 0.352 e. The lowest BCUT2D eigenvalue weighted by Crippen LogP contribution is -2.47. The van der Waals surface area contributed by atoms with Gasteiger partial charge in [0.1, 0.15) is 5.82 Å². The van der Waals surface area contributed by atoms with E-state index in [4.69, 9.17) is 10.7 Å². The SMILES string of the molecule is CCC1CCN(c2ccc3c(n2)CCC3)C(CN)C1. The van der Waals surface area contributed by atoms with Crippen molar-refractivity contribution in [1.29, 1.82) is 0 Å². The first-order chi connectivity index (χ1) is 9.31. The monoisotopic (exact) mass is 259 g/mol. The van der Waals surface area contributed by atoms with Gasteiger partial charge in [-0.05, 0) is 49.7 Å². The molecule has 1 fully saturated rings. The fourth-order valence-corrected chi connectivity index (χ4v) is 3.60. The summed E-state index contributed by atoms with van der Waals surface area (Å²) in [6, 6.07) is 4.97. The molecule has 0 spiro atoms. The van der Waals surface area contributed by atoms with Crippen LogP contribution in [0.15, 0.2) is 12.1 Å². The Labute approximate surface area is 116 Å². The van der Waals surface area contributed by atoms with Gasteiger partial charge in [-0.3, -0.25) is 0 Å². The summed E-state index contributed by atoms with van der Waals surface area (Å²) in [6.45, 7) is 4.16. The van der Waals surface area contributed by atoms with Crippen LogP contribution in [0.4, 0.5) is 5.82 Å². The Bertz CT molecular complexity index is 444. The minimum absolute atomic E-state index is 0.477. The Morgan fingerprint density at radius 3 is 3.05 bits per heavy atom. The molecular formula is C16H25N3. The van der Waals surface area contributed by atoms with E-state index in [1.54, 1.807) is 0 Å². The molecule has 3 rings (SSSR count). The minimum Gasteiger partial charge on any atom is -0.352 e. The predicted octanol–water partition coefficient (Wildman–Crippen LogP) is 2.52. The maximum absolute atomic E-state index is 5.99. The summed E-state index contributed by atoms with van der Waals surface area (Å²) < 4.78 is 0. The number of piperidine rings is 1. The highest BCUT2D eigenvalue weighted by atomic mass is 15.2. The number of anilines is 1. The lowest BCUT2D eigenvalue weighted by molar-refractivity contribution is 0.334. The average Bonchev–Trinajstić information content (AvgIpc) is 2.93. The van der Waals surface area contributed by atoms with E-state index in [9.17, 15) is 0 Å². The first kappa shape index (κ1) is 12.9. The van der Waals surface area contributed by atoms with Gasteiger partial charge in [0.2, 0.25) is 0 Å². The van der Waals surface area contributed by atoms with Gasteiger partial charge in [-0.25, -0.2) is 4.98 Å². The maximum Gasteiger partial charge on any atom is 0.129 e. The Kier molecular flexibility index (Phi) is 3.74. The molecule has 2 aliphatic rings. The average molecular weight is 259 g/mol. The summed E-state index contributed by atoms with van der Waals surface area (Å²) in [6.07, 6.45) is 7.42. The zero-order valence-electron chi connectivity index (χ0n) is 11.9. The van der Waals surface area contributed by atoms with Crippen LogP contribution in [0, 0.1) is 5.92 Å². The number of hydrogen-bond acceptors (Lipinski definition) is 3. The van der Waals surface area contributed by atoms with Gasteiger partial charge in [0.05, 0.1) is 0 Å². The molecule has 1 aliphatic heterocycles. The van der Waals surface area contributed by atoms with Gasteiger partial charge in [0.15, 0.2) is 0 Å². The van der Waals surface area contributed by atoms with E-state index in [1.807, 2.05) is 0 Å². The zero-order valence-corrected chi connectivity index (χ0v) is 11.9. The van der Waals surface area contributed by atoms with Crippen LogP contribution in [-0.2, 0) is 12.8 Å². The van der Waals surface area contributed by atoms with Gasteiger partial charge in [0, 0.05) is 24.8 Å². The topological polar surface area (TPSA) is 42.2 Å². The van der Waals surface area contributed by atoms with Crippen molar-refractivity contribution in [3.8, 4) is 0 Å². The molecule has 104 valence electrons. The van der Waals surface area contributed by atoms with Gasteiger partial charge < -0.3 is 10.6 Å². The quantitative estimate of drug-likeness (QED) is 0.907. The molecule has 0 radical (unpaired) electrons. The number of nitrogens with zero attached hydrogens (tertiary/aromatic N) is 2. The highest BCUT2D eigenvalue weighted by Crippen LogP contribution is 2.30. The molecule has 1 aliphatic carbocycles. The molecule has 2 heterocycles. The lowest BCUT2D eigenvalue weighted by atomic mass is 9.89. The van der Waals surface area contributed by atoms with E-state index in [0.29, 0.717) is 6.04 Å². The van der Waals surface area contributed by atoms with Gasteiger partial charge in [-0.2, -0.15) is 0 Å². The number of nitrogens with two attached hydrogens (primary N) is 1. The molecule has 1 aromatic rings. The summed E-state index contributed by atoms with van der Waals surface area (Å²) in [5, 5.41) is 0. The number of hydrogen-bond donors (Lipinski definition) is 1. The van der Waals surface area contributed by atoms with Gasteiger partial charge in [-0.15, -0.1) is 0 Å². The van der Waals surface area contributed by atoms with Crippen LogP contribution >= 0.6 is 0 Å². The van der Waals surface area contributed by atoms with Crippen LogP contribution in [0.25, 0.3) is 0 Å². The van der Waals surface area contributed by atoms with Crippen molar-refractivity contribution in [3.63, 3.8) is 0 Å². The maximum atomic E-state index is 5.99. The van der Waals surface area contributed by atoms with Crippen LogP contribution in [0.3, 0.4) is 0 Å². The molecule has 3 nitrogen and oxygen atoms in total. The van der Waals surface area contributed by atoms with Crippen molar-refractivity contribution in [2.24, 2.45) is 11.7 Å². The second-order valence-electron chi connectivity index (χ2n) is 6.01. The van der Waals surface area contributed by atoms with Crippen molar-refractivity contribution >= 4 is 5.82 Å². The number of rotatable bonds is 3. The van der Waals surface area contributed by atoms with Crippen molar-refractivity contribution in [1.82, 2.24) is 4.98 Å². The Morgan fingerprint density at radius 1 is 1.37 bits per heavy atom. The fourth-order valence-electron chi connectivity index (χ4n) is 3.60. The third-order valence-corrected chi connectivity index (χ3v) is 4.88. The molecule has 2 unspecified atom stereocenters. The van der Waals surface area contributed by atoms with Crippen molar-refractivity contribution in [2.75, 3.05) is 18.0 Å². The van der Waals surface area contributed by atoms with Crippen LogP contribution in [0.2, 0.25) is 0 Å². The highest BCUT2D eigenvalue weighted by molar-refractivity contribution is 5.44. The van der Waals surface area contributed by atoms with E-state index in [2.05, 4.69) is 24.0 Å². The highest BCUT2D eigenvalue weighted by Gasteiger charge is 2.28. The molecular weight excluding hydrogens is 234 g/mol. The molecule has 0 saturated carbocycles. The molecule has 1 aromatic heterocycles. The van der Waals surface area contributed by atoms with Crippen LogP contribution in [0.5, 0.6) is 0 Å². The first-order valence-corrected chi connectivity index (χ1v) is 7.77. The summed E-state index contributed by atoms with van der Waals surface area (Å²) in [7, 11) is 0. The van der Waals surface area contributed by atoms with Crippen molar-refractivity contribution in [3.05, 3.63) is 23.4 Å². The normalized spacial score (nSPS) is 26.5. The van der Waals surface area contributed by atoms with E-state index in [0.717, 1.165) is 31.2 Å². The number of pyridine rings is 1. The lowest BCUT2D eigenvalue weighted by Gasteiger charge is -2.39. The molecule has 0 amide bonds. The summed E-state index contributed by atoms with van der Waals surface area (Å²) >= 11 is 0. The first-order valence-electron chi connectivity index (χ1n) is 7.77. The van der Waals surface area contributed by atoms with Crippen molar-refractivity contribution in [2.45, 2.75) is 51.5 Å². The minimum atomic E-state index is 0.477. The summed E-state index contributed by atoms with van der Waals surface area (Å²) in [4.78, 5) is 7.35. The van der Waals surface area contributed by atoms with E-state index < -0.39 is 0 Å². The Hall–Kier alpha value is -1.09. The number of fused-ring (bicyclic) bond motifs is 1. The van der Waals surface area contributed by atoms with E-state index in [-0.39, 0.29) is 0 Å². The summed E-state index contributed by atoms with van der Waals surface area (Å²) in [5.41, 5.74) is 8.77. The third-order valence-electron chi connectivity index (χ3n) is 4.88. The van der Waals surface area contributed by atoms with Gasteiger partial charge >= 0.3 is 0 Å². The molecule has 3 heteroatoms. The second-order valence-corrected chi connectivity index (χ2v) is 6.01. The molecule has 19 heavy (non-hydrogen) atoms. The predicted molar refractivity (Wildman–Crippen MR) is 79.5 cm³/mol. The Morgan fingerprint density at radius 2 is 2.26 bits per heavy atom. The number of aromatic nitrogens is 1. The van der Waals surface area contributed by atoms with E-state index in [1.165, 1.54) is 43.4 Å². The third kappa shape index (κ3) is 2.48.